The van der Waals surface area contributed by atoms with E-state index in [1.165, 1.54) is 10.9 Å². The molecule has 23 nitrogen and oxygen atoms in total. The van der Waals surface area contributed by atoms with Crippen molar-refractivity contribution in [3.05, 3.63) is 29.3 Å². The molecule has 0 aromatic carbocycles. The second-order valence-corrected chi connectivity index (χ2v) is 13.0. The number of aliphatic hydroxyl groups is 2. The highest BCUT2D eigenvalue weighted by Crippen LogP contribution is 2.53. The number of imidazole rings is 2. The third-order valence-electron chi connectivity index (χ3n) is 7.33. The second kappa shape index (κ2) is 10.8. The predicted molar refractivity (Wildman–Crippen MR) is 143 cm³/mol. The minimum atomic E-state index is -5.09. The summed E-state index contributed by atoms with van der Waals surface area (Å²) in [6, 6.07) is 0. The molecule has 3 aliphatic heterocycles. The van der Waals surface area contributed by atoms with Gasteiger partial charge in [-0.3, -0.25) is 37.0 Å². The molecule has 7 rings (SSSR count). The normalized spacial score (nSPS) is 37.7. The highest BCUT2D eigenvalue weighted by atomic mass is 31.2. The number of aromatic amines is 1. The first-order chi connectivity index (χ1) is 21.3. The van der Waals surface area contributed by atoms with Crippen molar-refractivity contribution in [2.45, 2.75) is 49.1 Å². The van der Waals surface area contributed by atoms with Crippen molar-refractivity contribution in [3.8, 4) is 0 Å². The van der Waals surface area contributed by atoms with Gasteiger partial charge in [-0.1, -0.05) is 0 Å². The van der Waals surface area contributed by atoms with Gasteiger partial charge < -0.3 is 40.9 Å². The van der Waals surface area contributed by atoms with E-state index in [-0.39, 0.29) is 34.1 Å². The molecule has 0 spiro atoms. The Morgan fingerprint density at radius 2 is 1.36 bits per heavy atom. The number of rotatable bonds is 2. The molecule has 4 aromatic rings. The van der Waals surface area contributed by atoms with E-state index in [4.69, 9.17) is 39.0 Å². The minimum Gasteiger partial charge on any atom is -0.387 e. The van der Waals surface area contributed by atoms with Gasteiger partial charge in [0.2, 0.25) is 5.95 Å². The Bertz CT molecular complexity index is 1940. The van der Waals surface area contributed by atoms with Crippen LogP contribution in [-0.4, -0.2) is 109 Å². The number of H-pyrrole nitrogens is 1. The molecule has 25 heteroatoms. The Kier molecular flexibility index (Phi) is 7.27. The van der Waals surface area contributed by atoms with E-state index >= 15 is 0 Å². The summed E-state index contributed by atoms with van der Waals surface area (Å²) in [6.45, 7) is -1.65. The van der Waals surface area contributed by atoms with Crippen LogP contribution in [0.5, 0.6) is 0 Å². The number of phosphoric acid groups is 2. The summed E-state index contributed by atoms with van der Waals surface area (Å²) in [5.74, 6) is -0.270. The van der Waals surface area contributed by atoms with Crippen LogP contribution in [0.25, 0.3) is 22.3 Å². The summed E-state index contributed by atoms with van der Waals surface area (Å²) in [6.07, 6.45) is -9.33. The lowest BCUT2D eigenvalue weighted by Gasteiger charge is -2.26. The van der Waals surface area contributed by atoms with Gasteiger partial charge in [-0.25, -0.2) is 29.1 Å². The van der Waals surface area contributed by atoms with Gasteiger partial charge in [-0.15, -0.1) is 0 Å². The van der Waals surface area contributed by atoms with Crippen LogP contribution in [0.2, 0.25) is 0 Å². The number of hydrogen-bond acceptors (Lipinski definition) is 18. The van der Waals surface area contributed by atoms with Crippen LogP contribution in [0.4, 0.5) is 11.8 Å². The fraction of sp³-hybridized carbons (Fsp3) is 0.500. The smallest absolute Gasteiger partial charge is 0.387 e. The van der Waals surface area contributed by atoms with E-state index in [1.54, 1.807) is 0 Å². The third kappa shape index (κ3) is 5.31. The molecular formula is C20H24N10O13P2. The lowest BCUT2D eigenvalue weighted by Crippen LogP contribution is -2.38. The highest BCUT2D eigenvalue weighted by molar-refractivity contribution is 7.47. The fourth-order valence-corrected chi connectivity index (χ4v) is 7.14. The zero-order valence-corrected chi connectivity index (χ0v) is 24.2. The average Bonchev–Trinajstić information content (AvgIpc) is 3.72. The van der Waals surface area contributed by atoms with Gasteiger partial charge in [0.1, 0.15) is 48.5 Å². The van der Waals surface area contributed by atoms with Gasteiger partial charge in [0, 0.05) is 0 Å². The Labute approximate surface area is 248 Å². The lowest BCUT2D eigenvalue weighted by molar-refractivity contribution is -0.0675. The summed E-state index contributed by atoms with van der Waals surface area (Å²) in [5.41, 5.74) is 10.8. The van der Waals surface area contributed by atoms with Crippen LogP contribution in [0.3, 0.4) is 0 Å². The van der Waals surface area contributed by atoms with E-state index in [2.05, 4.69) is 29.9 Å². The van der Waals surface area contributed by atoms with Crippen molar-refractivity contribution in [1.29, 1.82) is 0 Å². The van der Waals surface area contributed by atoms with Gasteiger partial charge >= 0.3 is 15.6 Å². The van der Waals surface area contributed by atoms with Crippen molar-refractivity contribution in [1.82, 2.24) is 39.0 Å². The number of nitrogens with two attached hydrogens (primary N) is 2. The van der Waals surface area contributed by atoms with Crippen molar-refractivity contribution in [2.24, 2.45) is 0 Å². The van der Waals surface area contributed by atoms with E-state index < -0.39 is 83.5 Å². The Morgan fingerprint density at radius 3 is 1.93 bits per heavy atom. The number of nitrogens with zero attached hydrogens (tertiary/aromatic N) is 7. The second-order valence-electron chi connectivity index (χ2n) is 10.1. The summed E-state index contributed by atoms with van der Waals surface area (Å²) >= 11 is 0. The molecule has 0 saturated carbocycles. The van der Waals surface area contributed by atoms with Gasteiger partial charge in [-0.05, 0) is 0 Å². The molecule has 45 heavy (non-hydrogen) atoms. The standard InChI is InChI=1S/C20H24N10O13P2/c21-14-8-15(24-3-23-14)29(4-25-8)18-12-10(31)6(40-18)1-38-45(36,37)43-13-11(32)7(2-39-44(34,35)42-12)41-19(13)30-5-26-9-16(30)27-20(22)28-17(9)33/h3-7,10-13,18-19,31-32H,1-2H2,(H,34,35)(H,36,37)(H2,21,23,24)(H3,22,27,28,33)/t6?,7-,10-,11?,12-,13-,18-,19-/m1/s1. The molecule has 7 heterocycles. The first kappa shape index (κ1) is 30.2. The average molecular weight is 674 g/mol. The third-order valence-corrected chi connectivity index (χ3v) is 9.30. The molecule has 0 radical (unpaired) electrons. The number of anilines is 2. The topological polar surface area (TPSA) is 330 Å². The number of hydrogen-bond donors (Lipinski definition) is 7. The quantitative estimate of drug-likeness (QED) is 0.109. The van der Waals surface area contributed by atoms with Crippen molar-refractivity contribution in [2.75, 3.05) is 24.7 Å². The molecule has 9 N–H and O–H groups in total. The van der Waals surface area contributed by atoms with E-state index in [0.717, 1.165) is 17.2 Å². The highest BCUT2D eigenvalue weighted by Gasteiger charge is 2.54. The van der Waals surface area contributed by atoms with Crippen LogP contribution in [0, 0.1) is 0 Å². The zero-order valence-electron chi connectivity index (χ0n) is 22.4. The summed E-state index contributed by atoms with van der Waals surface area (Å²) in [4.78, 5) is 55.8. The van der Waals surface area contributed by atoms with Crippen LogP contribution in [0.15, 0.2) is 23.8 Å². The van der Waals surface area contributed by atoms with Gasteiger partial charge in [0.15, 0.2) is 35.1 Å². The van der Waals surface area contributed by atoms with E-state index in [9.17, 15) is 33.9 Å². The number of nitrogens with one attached hydrogen (secondary N) is 1. The van der Waals surface area contributed by atoms with Crippen LogP contribution in [0.1, 0.15) is 12.5 Å². The molecule has 3 fully saturated rings. The van der Waals surface area contributed by atoms with Crippen molar-refractivity contribution < 1.29 is 56.7 Å². The summed E-state index contributed by atoms with van der Waals surface area (Å²) < 4.78 is 61.2. The number of ether oxygens (including phenoxy) is 2. The maximum Gasteiger partial charge on any atom is 0.472 e. The summed E-state index contributed by atoms with van der Waals surface area (Å²) in [7, 11) is -10.2. The Balaban J connectivity index is 1.23. The molecule has 3 aliphatic rings. The minimum absolute atomic E-state index is 0.0178. The lowest BCUT2D eigenvalue weighted by atomic mass is 10.1. The predicted octanol–water partition coefficient (Wildman–Crippen LogP) is -2.34. The summed E-state index contributed by atoms with van der Waals surface area (Å²) in [5, 5.41) is 22.1. The number of fused-ring (bicyclic) bond motifs is 6. The molecule has 242 valence electrons. The molecule has 4 aromatic heterocycles. The van der Waals surface area contributed by atoms with Crippen LogP contribution >= 0.6 is 15.6 Å². The van der Waals surface area contributed by atoms with Crippen LogP contribution in [-0.2, 0) is 36.7 Å². The van der Waals surface area contributed by atoms with Gasteiger partial charge in [-0.2, -0.15) is 4.98 Å². The maximum absolute atomic E-state index is 13.2. The Hall–Kier alpha value is -3.44. The van der Waals surface area contributed by atoms with Gasteiger partial charge in [0.25, 0.3) is 5.56 Å². The van der Waals surface area contributed by atoms with Gasteiger partial charge in [0.05, 0.1) is 25.9 Å². The molecule has 3 saturated heterocycles. The molecule has 0 aliphatic carbocycles. The number of aliphatic hydroxyl groups excluding tert-OH is 2. The molecule has 4 bridgehead atoms. The largest absolute Gasteiger partial charge is 0.472 e. The molecule has 0 amide bonds. The first-order valence-electron chi connectivity index (χ1n) is 13.0. The maximum atomic E-state index is 13.2. The van der Waals surface area contributed by atoms with Crippen molar-refractivity contribution in [3.63, 3.8) is 0 Å². The van der Waals surface area contributed by atoms with E-state index in [0.29, 0.717) is 0 Å². The number of nitrogen functional groups attached to an aromatic ring is 2. The zero-order chi connectivity index (χ0) is 31.8. The first-order valence-corrected chi connectivity index (χ1v) is 15.9. The van der Waals surface area contributed by atoms with E-state index in [1.807, 2.05) is 0 Å². The van der Waals surface area contributed by atoms with Crippen molar-refractivity contribution >= 4 is 49.7 Å². The Morgan fingerprint density at radius 1 is 0.822 bits per heavy atom. The molecule has 4 unspecified atom stereocenters. The number of phosphoric ester groups is 2. The fourth-order valence-electron chi connectivity index (χ4n) is 5.28. The monoisotopic (exact) mass is 674 g/mol. The van der Waals surface area contributed by atoms with Crippen LogP contribution < -0.4 is 17.0 Å². The molecular weight excluding hydrogens is 650 g/mol. The number of aromatic nitrogens is 8. The SMILES string of the molecule is Nc1nc2c(ncn2[C@@H]2O[C@@H]3COP(=O)(O)O[C@@H]4[C@H](O)C(COP(=O)(O)O[C@@H]2C3O)O[C@H]4n2cnc3c(N)ncnc32)c(=O)[nH]1. The molecule has 10 atom stereocenters.